The second-order valence-electron chi connectivity index (χ2n) is 8.52. The minimum Gasteiger partial charge on any atom is -0.507 e. The fourth-order valence-corrected chi connectivity index (χ4v) is 3.84. The highest BCUT2D eigenvalue weighted by molar-refractivity contribution is 6.30. The van der Waals surface area contributed by atoms with Gasteiger partial charge in [0.15, 0.2) is 0 Å². The van der Waals surface area contributed by atoms with Gasteiger partial charge in [-0.25, -0.2) is 0 Å². The summed E-state index contributed by atoms with van der Waals surface area (Å²) in [6.07, 6.45) is 0. The van der Waals surface area contributed by atoms with Crippen LogP contribution in [0.5, 0.6) is 5.75 Å². The average Bonchev–Trinajstić information content (AvgIpc) is 2.88. The summed E-state index contributed by atoms with van der Waals surface area (Å²) in [6.45, 7) is 2.21. The van der Waals surface area contributed by atoms with E-state index in [1.165, 1.54) is 12.1 Å². The van der Waals surface area contributed by atoms with Gasteiger partial charge < -0.3 is 21.5 Å². The smallest absolute Gasteiger partial charge is 0.255 e. The number of carbonyl (C=O) groups excluding carboxylic acids is 3. The van der Waals surface area contributed by atoms with Crippen LogP contribution in [-0.4, -0.2) is 22.8 Å². The van der Waals surface area contributed by atoms with Crippen LogP contribution in [0, 0.1) is 6.92 Å². The number of primary amides is 1. The lowest BCUT2D eigenvalue weighted by Gasteiger charge is -2.13. The molecule has 0 unspecified atom stereocenters. The number of hydrogen-bond acceptors (Lipinski definition) is 4. The summed E-state index contributed by atoms with van der Waals surface area (Å²) in [6, 6.07) is 23.5. The summed E-state index contributed by atoms with van der Waals surface area (Å²) in [7, 11) is 0. The van der Waals surface area contributed by atoms with E-state index in [-0.39, 0.29) is 29.7 Å². The van der Waals surface area contributed by atoms with Crippen molar-refractivity contribution < 1.29 is 19.5 Å². The Kier molecular flexibility index (Phi) is 7.55. The Balaban J connectivity index is 1.66. The second-order valence-corrected chi connectivity index (χ2v) is 8.96. The van der Waals surface area contributed by atoms with E-state index < -0.39 is 5.91 Å². The zero-order valence-corrected chi connectivity index (χ0v) is 20.7. The number of amides is 3. The molecule has 0 heterocycles. The second kappa shape index (κ2) is 11.0. The summed E-state index contributed by atoms with van der Waals surface area (Å²) in [5.41, 5.74) is 9.39. The fourth-order valence-electron chi connectivity index (χ4n) is 3.71. The van der Waals surface area contributed by atoms with Gasteiger partial charge >= 0.3 is 0 Å². The van der Waals surface area contributed by atoms with Gasteiger partial charge in [-0.1, -0.05) is 47.5 Å². The zero-order chi connectivity index (χ0) is 26.5. The van der Waals surface area contributed by atoms with Crippen molar-refractivity contribution in [1.82, 2.24) is 5.32 Å². The Morgan fingerprint density at radius 1 is 0.811 bits per heavy atom. The van der Waals surface area contributed by atoms with Gasteiger partial charge in [0.2, 0.25) is 0 Å². The molecule has 0 bridgehead atoms. The van der Waals surface area contributed by atoms with Gasteiger partial charge in [0.05, 0.1) is 5.56 Å². The molecular weight excluding hydrogens is 490 g/mol. The van der Waals surface area contributed by atoms with Gasteiger partial charge in [0, 0.05) is 28.4 Å². The molecule has 4 rings (SSSR count). The Morgan fingerprint density at radius 2 is 1.51 bits per heavy atom. The van der Waals surface area contributed by atoms with E-state index in [4.69, 9.17) is 17.3 Å². The first kappa shape index (κ1) is 25.5. The number of hydrogen-bond donors (Lipinski definition) is 4. The van der Waals surface area contributed by atoms with E-state index in [9.17, 15) is 19.5 Å². The molecular formula is C29H24ClN3O4. The molecule has 0 aromatic heterocycles. The van der Waals surface area contributed by atoms with Crippen molar-refractivity contribution in [2.24, 2.45) is 5.73 Å². The highest BCUT2D eigenvalue weighted by atomic mass is 35.5. The van der Waals surface area contributed by atoms with Crippen LogP contribution in [0.1, 0.15) is 42.2 Å². The maximum Gasteiger partial charge on any atom is 0.255 e. The molecule has 0 saturated heterocycles. The number of halogens is 1. The van der Waals surface area contributed by atoms with Crippen LogP contribution in [-0.2, 0) is 6.54 Å². The molecule has 0 saturated carbocycles. The van der Waals surface area contributed by atoms with Gasteiger partial charge in [0.25, 0.3) is 17.7 Å². The summed E-state index contributed by atoms with van der Waals surface area (Å²) in [5.74, 6) is -1.74. The monoisotopic (exact) mass is 513 g/mol. The Labute approximate surface area is 218 Å². The number of nitrogens with two attached hydrogens (primary N) is 1. The van der Waals surface area contributed by atoms with Crippen molar-refractivity contribution in [3.8, 4) is 16.9 Å². The van der Waals surface area contributed by atoms with Crippen LogP contribution in [0.2, 0.25) is 5.02 Å². The van der Waals surface area contributed by atoms with Crippen molar-refractivity contribution in [1.29, 1.82) is 0 Å². The number of rotatable bonds is 7. The maximum absolute atomic E-state index is 13.1. The first-order valence-corrected chi connectivity index (χ1v) is 11.8. The van der Waals surface area contributed by atoms with E-state index in [1.807, 2.05) is 31.2 Å². The SMILES string of the molecule is Cc1ccc(C(=O)Nc2cc(C(=O)NCc3ccc(Cl)cc3)cc(-c3ccc(C(N)=O)c(O)c3)c2)cc1. The largest absolute Gasteiger partial charge is 0.507 e. The Hall–Kier alpha value is -4.62. The number of aryl methyl sites for hydroxylation is 1. The van der Waals surface area contributed by atoms with E-state index in [0.717, 1.165) is 11.1 Å². The minimum atomic E-state index is -0.759. The van der Waals surface area contributed by atoms with Crippen LogP contribution >= 0.6 is 11.6 Å². The summed E-state index contributed by atoms with van der Waals surface area (Å²) < 4.78 is 0. The lowest BCUT2D eigenvalue weighted by atomic mass is 9.99. The molecule has 186 valence electrons. The minimum absolute atomic E-state index is 0.0199. The standard InChI is InChI=1S/C29H24ClN3O4/c1-17-2-6-19(7-3-17)29(37)33-24-13-21(20-8-11-25(27(31)35)26(34)15-20)12-22(14-24)28(36)32-16-18-4-9-23(30)10-5-18/h2-15,34H,16H2,1H3,(H2,31,35)(H,32,36)(H,33,37). The molecule has 0 aliphatic rings. The highest BCUT2D eigenvalue weighted by Crippen LogP contribution is 2.30. The molecule has 4 aromatic rings. The first-order chi connectivity index (χ1) is 17.7. The molecule has 0 aliphatic carbocycles. The third-order valence-corrected chi connectivity index (χ3v) is 5.98. The quantitative estimate of drug-likeness (QED) is 0.268. The molecule has 0 radical (unpaired) electrons. The van der Waals surface area contributed by atoms with Gasteiger partial charge in [0.1, 0.15) is 5.75 Å². The highest BCUT2D eigenvalue weighted by Gasteiger charge is 2.15. The molecule has 8 heteroatoms. The van der Waals surface area contributed by atoms with Crippen molar-refractivity contribution in [2.45, 2.75) is 13.5 Å². The lowest BCUT2D eigenvalue weighted by Crippen LogP contribution is -2.23. The number of aromatic hydroxyl groups is 1. The lowest BCUT2D eigenvalue weighted by molar-refractivity contribution is 0.0948. The van der Waals surface area contributed by atoms with E-state index in [2.05, 4.69) is 10.6 Å². The van der Waals surface area contributed by atoms with Gasteiger partial charge in [-0.15, -0.1) is 0 Å². The van der Waals surface area contributed by atoms with E-state index >= 15 is 0 Å². The number of carbonyl (C=O) groups is 3. The molecule has 3 amide bonds. The fraction of sp³-hybridized carbons (Fsp3) is 0.0690. The average molecular weight is 514 g/mol. The molecule has 7 nitrogen and oxygen atoms in total. The van der Waals surface area contributed by atoms with E-state index in [1.54, 1.807) is 48.5 Å². The van der Waals surface area contributed by atoms with Gasteiger partial charge in [-0.05, 0) is 78.2 Å². The number of nitrogens with one attached hydrogen (secondary N) is 2. The van der Waals surface area contributed by atoms with Crippen LogP contribution in [0.4, 0.5) is 5.69 Å². The summed E-state index contributed by atoms with van der Waals surface area (Å²) in [4.78, 5) is 37.4. The van der Waals surface area contributed by atoms with Crippen LogP contribution in [0.25, 0.3) is 11.1 Å². The number of phenols is 1. The van der Waals surface area contributed by atoms with Crippen LogP contribution in [0.15, 0.2) is 84.9 Å². The third-order valence-electron chi connectivity index (χ3n) is 5.73. The van der Waals surface area contributed by atoms with Crippen LogP contribution in [0.3, 0.4) is 0 Å². The molecule has 0 aliphatic heterocycles. The molecule has 5 N–H and O–H groups in total. The molecule has 0 fully saturated rings. The third kappa shape index (κ3) is 6.34. The van der Waals surface area contributed by atoms with Crippen molar-refractivity contribution in [2.75, 3.05) is 5.32 Å². The Morgan fingerprint density at radius 3 is 2.16 bits per heavy atom. The van der Waals surface area contributed by atoms with Crippen LogP contribution < -0.4 is 16.4 Å². The molecule has 4 aromatic carbocycles. The topological polar surface area (TPSA) is 122 Å². The van der Waals surface area contributed by atoms with Crippen molar-refractivity contribution >= 4 is 35.0 Å². The molecule has 37 heavy (non-hydrogen) atoms. The predicted molar refractivity (Wildman–Crippen MR) is 144 cm³/mol. The van der Waals surface area contributed by atoms with Gasteiger partial charge in [-0.3, -0.25) is 14.4 Å². The maximum atomic E-state index is 13.1. The normalized spacial score (nSPS) is 10.5. The van der Waals surface area contributed by atoms with Gasteiger partial charge in [-0.2, -0.15) is 0 Å². The Bertz CT molecular complexity index is 1480. The van der Waals surface area contributed by atoms with Crippen molar-refractivity contribution in [3.05, 3.63) is 118 Å². The number of anilines is 1. The first-order valence-electron chi connectivity index (χ1n) is 11.4. The molecule has 0 spiro atoms. The van der Waals surface area contributed by atoms with Crippen molar-refractivity contribution in [3.63, 3.8) is 0 Å². The summed E-state index contributed by atoms with van der Waals surface area (Å²) in [5, 5.41) is 16.6. The molecule has 0 atom stereocenters. The van der Waals surface area contributed by atoms with E-state index in [0.29, 0.717) is 33.0 Å². The number of benzene rings is 4. The zero-order valence-electron chi connectivity index (χ0n) is 19.9. The summed E-state index contributed by atoms with van der Waals surface area (Å²) >= 11 is 5.93. The predicted octanol–water partition coefficient (Wildman–Crippen LogP) is 5.30.